The monoisotopic (exact) mass is 304 g/mol. The number of likely N-dealkylation sites (tertiary alicyclic amines) is 1. The van der Waals surface area contributed by atoms with Gasteiger partial charge in [-0.05, 0) is 62.9 Å². The lowest BCUT2D eigenvalue weighted by atomic mass is 9.86. The Morgan fingerprint density at radius 3 is 2.82 bits per heavy atom. The summed E-state index contributed by atoms with van der Waals surface area (Å²) in [6, 6.07) is 6.32. The average Bonchev–Trinajstić information content (AvgIpc) is 3.11. The van der Waals surface area contributed by atoms with Gasteiger partial charge in [-0.25, -0.2) is 0 Å². The molecule has 0 aliphatic carbocycles. The van der Waals surface area contributed by atoms with Crippen molar-refractivity contribution in [3.8, 4) is 11.5 Å². The van der Waals surface area contributed by atoms with Crippen molar-refractivity contribution < 1.29 is 9.47 Å². The Kier molecular flexibility index (Phi) is 4.59. The highest BCUT2D eigenvalue weighted by Crippen LogP contribution is 2.37. The first-order valence-electron chi connectivity index (χ1n) is 8.37. The molecule has 0 amide bonds. The lowest BCUT2D eigenvalue weighted by Gasteiger charge is -2.23. The van der Waals surface area contributed by atoms with Crippen molar-refractivity contribution in [2.24, 2.45) is 5.41 Å². The van der Waals surface area contributed by atoms with Crippen molar-refractivity contribution >= 4 is 0 Å². The molecular formula is C18H28N2O2. The summed E-state index contributed by atoms with van der Waals surface area (Å²) >= 11 is 0. The fourth-order valence-corrected chi connectivity index (χ4v) is 3.73. The van der Waals surface area contributed by atoms with Gasteiger partial charge in [0.05, 0.1) is 13.2 Å². The van der Waals surface area contributed by atoms with Crippen molar-refractivity contribution in [1.82, 2.24) is 10.2 Å². The minimum atomic E-state index is 0.160. The minimum absolute atomic E-state index is 0.160. The lowest BCUT2D eigenvalue weighted by Crippen LogP contribution is -2.28. The van der Waals surface area contributed by atoms with E-state index in [1.165, 1.54) is 44.6 Å². The van der Waals surface area contributed by atoms with Crippen molar-refractivity contribution in [3.63, 3.8) is 0 Å². The van der Waals surface area contributed by atoms with Crippen LogP contribution >= 0.6 is 0 Å². The van der Waals surface area contributed by atoms with Gasteiger partial charge in [-0.1, -0.05) is 6.07 Å². The quantitative estimate of drug-likeness (QED) is 0.907. The standard InChI is InChI=1S/C18H28N2O2/c1-14(2)22-16-5-4-15(10-17(16)21-3)11-20-9-7-18(13-20)6-8-19-12-18/h4-5,10,14,19H,6-9,11-13H2,1-3H3. The molecule has 1 aromatic carbocycles. The number of methoxy groups -OCH3 is 1. The third-order valence-corrected chi connectivity index (χ3v) is 4.85. The van der Waals surface area contributed by atoms with Crippen molar-refractivity contribution in [3.05, 3.63) is 23.8 Å². The molecule has 0 radical (unpaired) electrons. The molecule has 1 spiro atoms. The zero-order chi connectivity index (χ0) is 15.6. The van der Waals surface area contributed by atoms with Crippen LogP contribution in [0.4, 0.5) is 0 Å². The molecule has 1 unspecified atom stereocenters. The van der Waals surface area contributed by atoms with Crippen LogP contribution in [0.2, 0.25) is 0 Å². The van der Waals surface area contributed by atoms with E-state index in [1.54, 1.807) is 7.11 Å². The highest BCUT2D eigenvalue weighted by Gasteiger charge is 2.40. The molecule has 122 valence electrons. The summed E-state index contributed by atoms with van der Waals surface area (Å²) in [5.74, 6) is 1.67. The zero-order valence-corrected chi connectivity index (χ0v) is 14.0. The van der Waals surface area contributed by atoms with Crippen molar-refractivity contribution in [1.29, 1.82) is 0 Å². The summed E-state index contributed by atoms with van der Waals surface area (Å²) in [5, 5.41) is 3.52. The molecular weight excluding hydrogens is 276 g/mol. The normalized spacial score (nSPS) is 25.3. The van der Waals surface area contributed by atoms with Crippen LogP contribution in [-0.2, 0) is 6.54 Å². The molecule has 1 N–H and O–H groups in total. The van der Waals surface area contributed by atoms with E-state index in [4.69, 9.17) is 9.47 Å². The number of hydrogen-bond acceptors (Lipinski definition) is 4. The molecule has 2 aliphatic rings. The smallest absolute Gasteiger partial charge is 0.161 e. The second kappa shape index (κ2) is 6.47. The van der Waals surface area contributed by atoms with E-state index in [2.05, 4.69) is 22.3 Å². The number of nitrogens with zero attached hydrogens (tertiary/aromatic N) is 1. The predicted molar refractivity (Wildman–Crippen MR) is 88.6 cm³/mol. The number of ether oxygens (including phenoxy) is 2. The van der Waals surface area contributed by atoms with Crippen LogP contribution in [-0.4, -0.2) is 44.3 Å². The first-order chi connectivity index (χ1) is 10.6. The Labute approximate surface area is 133 Å². The molecule has 2 aliphatic heterocycles. The van der Waals surface area contributed by atoms with Gasteiger partial charge in [0.15, 0.2) is 11.5 Å². The maximum Gasteiger partial charge on any atom is 0.161 e. The average molecular weight is 304 g/mol. The Bertz CT molecular complexity index is 510. The maximum absolute atomic E-state index is 5.79. The van der Waals surface area contributed by atoms with Crippen LogP contribution in [0.25, 0.3) is 0 Å². The fraction of sp³-hybridized carbons (Fsp3) is 0.667. The molecule has 0 saturated carbocycles. The lowest BCUT2D eigenvalue weighted by molar-refractivity contribution is 0.229. The minimum Gasteiger partial charge on any atom is -0.493 e. The summed E-state index contributed by atoms with van der Waals surface area (Å²) in [6.07, 6.45) is 2.81. The van der Waals surface area contributed by atoms with E-state index in [1.807, 2.05) is 19.9 Å². The van der Waals surface area contributed by atoms with Gasteiger partial charge in [-0.15, -0.1) is 0 Å². The molecule has 4 heteroatoms. The van der Waals surface area contributed by atoms with E-state index >= 15 is 0 Å². The SMILES string of the molecule is COc1cc(CN2CCC3(CCNC3)C2)ccc1OC(C)C. The Balaban J connectivity index is 1.65. The highest BCUT2D eigenvalue weighted by molar-refractivity contribution is 5.43. The van der Waals surface area contributed by atoms with Gasteiger partial charge in [0.1, 0.15) is 0 Å². The summed E-state index contributed by atoms with van der Waals surface area (Å²) in [5.41, 5.74) is 1.83. The Morgan fingerprint density at radius 2 is 2.14 bits per heavy atom. The molecule has 0 aromatic heterocycles. The summed E-state index contributed by atoms with van der Waals surface area (Å²) in [4.78, 5) is 2.57. The van der Waals surface area contributed by atoms with Crippen molar-refractivity contribution in [2.45, 2.75) is 39.3 Å². The highest BCUT2D eigenvalue weighted by atomic mass is 16.5. The fourth-order valence-electron chi connectivity index (χ4n) is 3.73. The first-order valence-corrected chi connectivity index (χ1v) is 8.37. The van der Waals surface area contributed by atoms with Gasteiger partial charge in [0, 0.05) is 19.6 Å². The molecule has 2 heterocycles. The largest absolute Gasteiger partial charge is 0.493 e. The van der Waals surface area contributed by atoms with Crippen LogP contribution in [0, 0.1) is 5.41 Å². The van der Waals surface area contributed by atoms with Gasteiger partial charge in [-0.2, -0.15) is 0 Å². The van der Waals surface area contributed by atoms with Crippen LogP contribution in [0.3, 0.4) is 0 Å². The van der Waals surface area contributed by atoms with Gasteiger partial charge in [-0.3, -0.25) is 4.90 Å². The number of rotatable bonds is 5. The Hall–Kier alpha value is -1.26. The molecule has 1 aromatic rings. The molecule has 2 saturated heterocycles. The topological polar surface area (TPSA) is 33.7 Å². The Morgan fingerprint density at radius 1 is 1.27 bits per heavy atom. The molecule has 2 fully saturated rings. The second-order valence-corrected chi connectivity index (χ2v) is 7.04. The van der Waals surface area contributed by atoms with Crippen LogP contribution in [0.5, 0.6) is 11.5 Å². The molecule has 3 rings (SSSR count). The molecule has 22 heavy (non-hydrogen) atoms. The molecule has 4 nitrogen and oxygen atoms in total. The predicted octanol–water partition coefficient (Wildman–Crippen LogP) is 2.67. The first kappa shape index (κ1) is 15.6. The summed E-state index contributed by atoms with van der Waals surface area (Å²) in [6.45, 7) is 9.86. The zero-order valence-electron chi connectivity index (χ0n) is 14.0. The number of nitrogens with one attached hydrogen (secondary N) is 1. The van der Waals surface area contributed by atoms with E-state index in [-0.39, 0.29) is 6.10 Å². The van der Waals surface area contributed by atoms with Gasteiger partial charge >= 0.3 is 0 Å². The second-order valence-electron chi connectivity index (χ2n) is 7.04. The van der Waals surface area contributed by atoms with Crippen molar-refractivity contribution in [2.75, 3.05) is 33.3 Å². The van der Waals surface area contributed by atoms with Crippen LogP contribution in [0.1, 0.15) is 32.3 Å². The van der Waals surface area contributed by atoms with E-state index in [9.17, 15) is 0 Å². The summed E-state index contributed by atoms with van der Waals surface area (Å²) < 4.78 is 11.3. The van der Waals surface area contributed by atoms with Gasteiger partial charge < -0.3 is 14.8 Å². The molecule has 1 atom stereocenters. The molecule has 0 bridgehead atoms. The third kappa shape index (κ3) is 3.39. The van der Waals surface area contributed by atoms with Gasteiger partial charge in [0.25, 0.3) is 0 Å². The number of hydrogen-bond donors (Lipinski definition) is 1. The van der Waals surface area contributed by atoms with E-state index < -0.39 is 0 Å². The van der Waals surface area contributed by atoms with Crippen LogP contribution in [0.15, 0.2) is 18.2 Å². The number of benzene rings is 1. The van der Waals surface area contributed by atoms with E-state index in [0.29, 0.717) is 5.41 Å². The van der Waals surface area contributed by atoms with Gasteiger partial charge in [0.2, 0.25) is 0 Å². The third-order valence-electron chi connectivity index (χ3n) is 4.85. The van der Waals surface area contributed by atoms with E-state index in [0.717, 1.165) is 18.0 Å². The summed E-state index contributed by atoms with van der Waals surface area (Å²) in [7, 11) is 1.71. The maximum atomic E-state index is 5.79. The van der Waals surface area contributed by atoms with Crippen LogP contribution < -0.4 is 14.8 Å².